The minimum Gasteiger partial charge on any atom is -0.379 e. The number of morpholine rings is 1. The summed E-state index contributed by atoms with van der Waals surface area (Å²) < 4.78 is 42.3. The molecule has 1 aliphatic rings. The molecular weight excluding hydrogens is 277 g/mol. The first kappa shape index (κ1) is 14.7. The molecule has 2 heterocycles. The van der Waals surface area contributed by atoms with Gasteiger partial charge in [-0.25, -0.2) is 9.97 Å². The van der Waals surface area contributed by atoms with E-state index in [2.05, 4.69) is 9.97 Å². The monoisotopic (exact) mass is 290 g/mol. The van der Waals surface area contributed by atoms with Gasteiger partial charge in [0.05, 0.1) is 13.2 Å². The first-order valence-corrected chi connectivity index (χ1v) is 5.90. The minimum atomic E-state index is -4.61. The first-order chi connectivity index (χ1) is 9.39. The topological polar surface area (TPSA) is 81.3 Å². The van der Waals surface area contributed by atoms with Crippen molar-refractivity contribution >= 4 is 5.91 Å². The van der Waals surface area contributed by atoms with Crippen LogP contribution in [-0.4, -0.2) is 47.1 Å². The largest absolute Gasteiger partial charge is 0.451 e. The van der Waals surface area contributed by atoms with Gasteiger partial charge in [-0.1, -0.05) is 0 Å². The third-order valence-corrected chi connectivity index (χ3v) is 2.92. The molecule has 1 amide bonds. The molecule has 2 rings (SSSR count). The van der Waals surface area contributed by atoms with Crippen LogP contribution in [0.2, 0.25) is 0 Å². The van der Waals surface area contributed by atoms with E-state index in [-0.39, 0.29) is 5.56 Å². The molecule has 9 heteroatoms. The fourth-order valence-corrected chi connectivity index (χ4v) is 2.02. The van der Waals surface area contributed by atoms with Crippen LogP contribution < -0.4 is 5.73 Å². The van der Waals surface area contributed by atoms with Crippen molar-refractivity contribution in [2.45, 2.75) is 12.2 Å². The van der Waals surface area contributed by atoms with Crippen molar-refractivity contribution in [2.24, 2.45) is 5.73 Å². The van der Waals surface area contributed by atoms with E-state index in [0.29, 0.717) is 26.3 Å². The van der Waals surface area contributed by atoms with Gasteiger partial charge in [0.2, 0.25) is 11.7 Å². The number of primary amides is 1. The van der Waals surface area contributed by atoms with Crippen molar-refractivity contribution in [1.82, 2.24) is 14.9 Å². The maximum atomic E-state index is 12.4. The smallest absolute Gasteiger partial charge is 0.379 e. The lowest BCUT2D eigenvalue weighted by atomic mass is 10.1. The Morgan fingerprint density at radius 2 is 1.85 bits per heavy atom. The van der Waals surface area contributed by atoms with Crippen molar-refractivity contribution in [3.05, 3.63) is 23.8 Å². The molecule has 0 aliphatic carbocycles. The van der Waals surface area contributed by atoms with Crippen molar-refractivity contribution in [3.8, 4) is 0 Å². The summed E-state index contributed by atoms with van der Waals surface area (Å²) in [5, 5.41) is 0. The summed E-state index contributed by atoms with van der Waals surface area (Å²) >= 11 is 0. The number of alkyl halides is 3. The summed E-state index contributed by atoms with van der Waals surface area (Å²) in [5.74, 6) is -1.90. The number of nitrogens with two attached hydrogens (primary N) is 1. The normalized spacial score (nSPS) is 18.8. The van der Waals surface area contributed by atoms with Gasteiger partial charge in [-0.15, -0.1) is 0 Å². The molecule has 110 valence electrons. The van der Waals surface area contributed by atoms with Crippen LogP contribution in [0, 0.1) is 0 Å². The van der Waals surface area contributed by atoms with Crippen LogP contribution >= 0.6 is 0 Å². The zero-order valence-corrected chi connectivity index (χ0v) is 10.4. The lowest BCUT2D eigenvalue weighted by Crippen LogP contribution is -2.44. The Morgan fingerprint density at radius 3 is 2.30 bits per heavy atom. The van der Waals surface area contributed by atoms with Crippen LogP contribution in [0.1, 0.15) is 17.4 Å². The number of halogens is 3. The Bertz CT molecular complexity index is 472. The molecule has 1 aromatic rings. The number of rotatable bonds is 3. The molecule has 1 atom stereocenters. The molecule has 1 aromatic heterocycles. The fraction of sp³-hybridized carbons (Fsp3) is 0.545. The summed E-state index contributed by atoms with van der Waals surface area (Å²) in [5.41, 5.74) is 5.57. The number of ether oxygens (including phenoxy) is 1. The van der Waals surface area contributed by atoms with Gasteiger partial charge in [-0.3, -0.25) is 9.69 Å². The second-order valence-corrected chi connectivity index (χ2v) is 4.29. The van der Waals surface area contributed by atoms with E-state index < -0.39 is 23.9 Å². The number of carbonyl (C=O) groups excluding carboxylic acids is 1. The van der Waals surface area contributed by atoms with Crippen LogP contribution in [-0.2, 0) is 15.7 Å². The van der Waals surface area contributed by atoms with Gasteiger partial charge in [-0.2, -0.15) is 13.2 Å². The van der Waals surface area contributed by atoms with Crippen LogP contribution in [0.5, 0.6) is 0 Å². The molecule has 6 nitrogen and oxygen atoms in total. The SMILES string of the molecule is NC(=O)C(c1cnc(C(F)(F)F)nc1)N1CCOCC1. The van der Waals surface area contributed by atoms with E-state index in [1.54, 1.807) is 4.90 Å². The number of aromatic nitrogens is 2. The third kappa shape index (κ3) is 3.23. The minimum absolute atomic E-state index is 0.243. The van der Waals surface area contributed by atoms with Gasteiger partial charge in [0.15, 0.2) is 0 Å². The van der Waals surface area contributed by atoms with Crippen molar-refractivity contribution in [1.29, 1.82) is 0 Å². The molecular formula is C11H13F3N4O2. The van der Waals surface area contributed by atoms with Crippen molar-refractivity contribution < 1.29 is 22.7 Å². The Labute approximate surface area is 112 Å². The molecule has 0 spiro atoms. The van der Waals surface area contributed by atoms with Crippen LogP contribution in [0.4, 0.5) is 13.2 Å². The molecule has 0 saturated carbocycles. The van der Waals surface area contributed by atoms with E-state index >= 15 is 0 Å². The molecule has 1 unspecified atom stereocenters. The number of hydrogen-bond acceptors (Lipinski definition) is 5. The second kappa shape index (κ2) is 5.71. The lowest BCUT2D eigenvalue weighted by molar-refractivity contribution is -0.145. The van der Waals surface area contributed by atoms with E-state index in [0.717, 1.165) is 12.4 Å². The average Bonchev–Trinajstić information content (AvgIpc) is 2.39. The van der Waals surface area contributed by atoms with E-state index in [1.165, 1.54) is 0 Å². The van der Waals surface area contributed by atoms with Gasteiger partial charge in [-0.05, 0) is 0 Å². The fourth-order valence-electron chi connectivity index (χ4n) is 2.02. The maximum Gasteiger partial charge on any atom is 0.451 e. The highest BCUT2D eigenvalue weighted by Gasteiger charge is 2.35. The average molecular weight is 290 g/mol. The third-order valence-electron chi connectivity index (χ3n) is 2.92. The number of nitrogens with zero attached hydrogens (tertiary/aromatic N) is 3. The van der Waals surface area contributed by atoms with Gasteiger partial charge < -0.3 is 10.5 Å². The molecule has 2 N–H and O–H groups in total. The highest BCUT2D eigenvalue weighted by atomic mass is 19.4. The molecule has 1 saturated heterocycles. The Kier molecular flexibility index (Phi) is 4.19. The molecule has 1 fully saturated rings. The van der Waals surface area contributed by atoms with Crippen LogP contribution in [0.15, 0.2) is 12.4 Å². The quantitative estimate of drug-likeness (QED) is 0.869. The highest BCUT2D eigenvalue weighted by Crippen LogP contribution is 2.27. The van der Waals surface area contributed by atoms with E-state index in [1.807, 2.05) is 0 Å². The van der Waals surface area contributed by atoms with Crippen LogP contribution in [0.25, 0.3) is 0 Å². The van der Waals surface area contributed by atoms with Gasteiger partial charge in [0, 0.05) is 31.0 Å². The van der Waals surface area contributed by atoms with E-state index in [9.17, 15) is 18.0 Å². The molecule has 0 aromatic carbocycles. The number of amides is 1. The maximum absolute atomic E-state index is 12.4. The Balaban J connectivity index is 2.23. The van der Waals surface area contributed by atoms with Crippen LogP contribution in [0.3, 0.4) is 0 Å². The first-order valence-electron chi connectivity index (χ1n) is 5.90. The second-order valence-electron chi connectivity index (χ2n) is 4.29. The zero-order valence-electron chi connectivity index (χ0n) is 10.4. The molecule has 0 radical (unpaired) electrons. The van der Waals surface area contributed by atoms with Crippen molar-refractivity contribution in [3.63, 3.8) is 0 Å². The van der Waals surface area contributed by atoms with Gasteiger partial charge >= 0.3 is 6.18 Å². The predicted octanol–water partition coefficient (Wildman–Crippen LogP) is 0.354. The standard InChI is InChI=1S/C11H13F3N4O2/c12-11(13,14)10-16-5-7(6-17-10)8(9(15)19)18-1-3-20-4-2-18/h5-6,8H,1-4H2,(H2,15,19). The van der Waals surface area contributed by atoms with Gasteiger partial charge in [0.25, 0.3) is 0 Å². The molecule has 1 aliphatic heterocycles. The summed E-state index contributed by atoms with van der Waals surface area (Å²) in [6.07, 6.45) is -2.64. The number of carbonyl (C=O) groups is 1. The Morgan fingerprint density at radius 1 is 1.30 bits per heavy atom. The summed E-state index contributed by atoms with van der Waals surface area (Å²) in [4.78, 5) is 19.8. The summed E-state index contributed by atoms with van der Waals surface area (Å²) in [6.45, 7) is 1.81. The Hall–Kier alpha value is -1.74. The van der Waals surface area contributed by atoms with Crippen molar-refractivity contribution in [2.75, 3.05) is 26.3 Å². The summed E-state index contributed by atoms with van der Waals surface area (Å²) in [7, 11) is 0. The number of hydrogen-bond donors (Lipinski definition) is 1. The highest BCUT2D eigenvalue weighted by molar-refractivity contribution is 5.81. The predicted molar refractivity (Wildman–Crippen MR) is 61.4 cm³/mol. The lowest BCUT2D eigenvalue weighted by Gasteiger charge is -2.32. The zero-order chi connectivity index (χ0) is 14.8. The summed E-state index contributed by atoms with van der Waals surface area (Å²) in [6, 6.07) is -0.846. The molecule has 0 bridgehead atoms. The molecule has 20 heavy (non-hydrogen) atoms. The van der Waals surface area contributed by atoms with Gasteiger partial charge in [0.1, 0.15) is 6.04 Å². The van der Waals surface area contributed by atoms with E-state index in [4.69, 9.17) is 10.5 Å².